The SMILES string of the molecule is COc1ccc(/C=C2\CN(Cc3ccccc3)C/C(=C\c3ccc(CO)cc3)C2=O)cc1. The number of rotatable bonds is 6. The average molecular weight is 426 g/mol. The molecule has 4 heteroatoms. The van der Waals surface area contributed by atoms with Crippen LogP contribution >= 0.6 is 0 Å². The van der Waals surface area contributed by atoms with Crippen LogP contribution in [-0.4, -0.2) is 36.0 Å². The van der Waals surface area contributed by atoms with Crippen LogP contribution in [0.1, 0.15) is 22.3 Å². The summed E-state index contributed by atoms with van der Waals surface area (Å²) in [5, 5.41) is 9.28. The van der Waals surface area contributed by atoms with E-state index in [1.54, 1.807) is 7.11 Å². The van der Waals surface area contributed by atoms with Crippen molar-refractivity contribution in [3.05, 3.63) is 112 Å². The number of piperidine rings is 1. The number of aliphatic hydroxyl groups excluding tert-OH is 1. The van der Waals surface area contributed by atoms with E-state index in [1.165, 1.54) is 5.56 Å². The van der Waals surface area contributed by atoms with Crippen LogP contribution in [0.5, 0.6) is 5.75 Å². The molecule has 0 unspecified atom stereocenters. The standard InChI is InChI=1S/C28H27NO3/c1-32-27-13-11-22(12-14-27)16-26-19-29(17-23-5-3-2-4-6-23)18-25(28(26)31)15-21-7-9-24(20-30)10-8-21/h2-16,30H,17-20H2,1H3/b25-15+,26-16+. The van der Waals surface area contributed by atoms with E-state index in [1.807, 2.05) is 78.9 Å². The largest absolute Gasteiger partial charge is 0.497 e. The predicted octanol–water partition coefficient (Wildman–Crippen LogP) is 4.74. The summed E-state index contributed by atoms with van der Waals surface area (Å²) in [7, 11) is 1.64. The summed E-state index contributed by atoms with van der Waals surface area (Å²) in [4.78, 5) is 15.6. The van der Waals surface area contributed by atoms with Gasteiger partial charge in [-0.15, -0.1) is 0 Å². The maximum Gasteiger partial charge on any atom is 0.187 e. The van der Waals surface area contributed by atoms with Crippen molar-refractivity contribution in [3.8, 4) is 5.75 Å². The van der Waals surface area contributed by atoms with Gasteiger partial charge in [-0.25, -0.2) is 0 Å². The molecule has 1 saturated heterocycles. The third-order valence-corrected chi connectivity index (χ3v) is 5.58. The Morgan fingerprint density at radius 2 is 1.38 bits per heavy atom. The summed E-state index contributed by atoms with van der Waals surface area (Å²) < 4.78 is 5.24. The molecule has 0 amide bonds. The van der Waals surface area contributed by atoms with Crippen LogP contribution < -0.4 is 4.74 Å². The first kappa shape index (κ1) is 21.8. The van der Waals surface area contributed by atoms with Crippen molar-refractivity contribution in [2.24, 2.45) is 0 Å². The van der Waals surface area contributed by atoms with Crippen molar-refractivity contribution in [1.29, 1.82) is 0 Å². The van der Waals surface area contributed by atoms with E-state index in [4.69, 9.17) is 4.74 Å². The number of aliphatic hydroxyl groups is 1. The molecule has 1 fully saturated rings. The van der Waals surface area contributed by atoms with E-state index < -0.39 is 0 Å². The highest BCUT2D eigenvalue weighted by Gasteiger charge is 2.26. The molecule has 1 aliphatic rings. The Hall–Kier alpha value is -3.47. The van der Waals surface area contributed by atoms with Crippen LogP contribution in [0.15, 0.2) is 90.0 Å². The molecule has 4 rings (SSSR count). The Morgan fingerprint density at radius 3 is 1.91 bits per heavy atom. The fourth-order valence-electron chi connectivity index (χ4n) is 3.89. The molecule has 0 atom stereocenters. The van der Waals surface area contributed by atoms with E-state index in [0.717, 1.165) is 40.1 Å². The molecule has 32 heavy (non-hydrogen) atoms. The Labute approximate surface area is 189 Å². The highest BCUT2D eigenvalue weighted by molar-refractivity contribution is 6.14. The number of hydrogen-bond donors (Lipinski definition) is 1. The third-order valence-electron chi connectivity index (χ3n) is 5.58. The van der Waals surface area contributed by atoms with E-state index in [-0.39, 0.29) is 12.4 Å². The number of likely N-dealkylation sites (tertiary alicyclic amines) is 1. The molecule has 3 aromatic rings. The highest BCUT2D eigenvalue weighted by Crippen LogP contribution is 2.24. The Morgan fingerprint density at radius 1 is 0.812 bits per heavy atom. The van der Waals surface area contributed by atoms with Gasteiger partial charge in [0.25, 0.3) is 0 Å². The summed E-state index contributed by atoms with van der Waals surface area (Å²) in [6, 6.07) is 25.7. The molecule has 162 valence electrons. The fourth-order valence-corrected chi connectivity index (χ4v) is 3.89. The molecule has 1 N–H and O–H groups in total. The number of benzene rings is 3. The zero-order chi connectivity index (χ0) is 22.3. The van der Waals surface area contributed by atoms with Gasteiger partial charge < -0.3 is 9.84 Å². The first-order valence-electron chi connectivity index (χ1n) is 10.7. The van der Waals surface area contributed by atoms with Crippen molar-refractivity contribution in [3.63, 3.8) is 0 Å². The molecular formula is C28H27NO3. The lowest BCUT2D eigenvalue weighted by Gasteiger charge is -2.30. The summed E-state index contributed by atoms with van der Waals surface area (Å²) in [6.07, 6.45) is 3.93. The highest BCUT2D eigenvalue weighted by atomic mass is 16.5. The van der Waals surface area contributed by atoms with Gasteiger partial charge in [0.1, 0.15) is 5.75 Å². The molecule has 0 aromatic heterocycles. The smallest absolute Gasteiger partial charge is 0.187 e. The number of carbonyl (C=O) groups is 1. The second-order valence-corrected chi connectivity index (χ2v) is 7.97. The minimum atomic E-state index is 0.00931. The van der Waals surface area contributed by atoms with Gasteiger partial charge in [0, 0.05) is 30.8 Å². The van der Waals surface area contributed by atoms with Crippen LogP contribution in [-0.2, 0) is 17.9 Å². The number of nitrogens with zero attached hydrogens (tertiary/aromatic N) is 1. The molecule has 0 radical (unpaired) electrons. The predicted molar refractivity (Wildman–Crippen MR) is 128 cm³/mol. The summed E-state index contributed by atoms with van der Waals surface area (Å²) in [5.41, 5.74) is 5.54. The number of Topliss-reactive ketones (excluding diaryl/α,β-unsaturated/α-hetero) is 1. The van der Waals surface area contributed by atoms with Gasteiger partial charge in [-0.1, -0.05) is 66.7 Å². The normalized spacial score (nSPS) is 17.1. The van der Waals surface area contributed by atoms with E-state index in [9.17, 15) is 9.90 Å². The maximum atomic E-state index is 13.4. The van der Waals surface area contributed by atoms with Crippen molar-refractivity contribution in [1.82, 2.24) is 4.90 Å². The first-order valence-corrected chi connectivity index (χ1v) is 10.7. The van der Waals surface area contributed by atoms with Crippen LogP contribution in [0.4, 0.5) is 0 Å². The molecule has 1 heterocycles. The zero-order valence-corrected chi connectivity index (χ0v) is 18.2. The topological polar surface area (TPSA) is 49.8 Å². The van der Waals surface area contributed by atoms with Gasteiger partial charge in [0.2, 0.25) is 0 Å². The van der Waals surface area contributed by atoms with Crippen LogP contribution in [0.25, 0.3) is 12.2 Å². The van der Waals surface area contributed by atoms with E-state index in [2.05, 4.69) is 17.0 Å². The lowest BCUT2D eigenvalue weighted by molar-refractivity contribution is -0.113. The number of ketones is 1. The zero-order valence-electron chi connectivity index (χ0n) is 18.2. The third kappa shape index (κ3) is 5.41. The Balaban J connectivity index is 1.65. The Kier molecular flexibility index (Phi) is 6.95. The monoisotopic (exact) mass is 425 g/mol. The van der Waals surface area contributed by atoms with Crippen LogP contribution in [0.3, 0.4) is 0 Å². The van der Waals surface area contributed by atoms with Crippen molar-refractivity contribution < 1.29 is 14.6 Å². The molecule has 3 aromatic carbocycles. The first-order chi connectivity index (χ1) is 15.6. The molecule has 0 aliphatic carbocycles. The molecule has 0 spiro atoms. The number of ether oxygens (including phenoxy) is 1. The minimum Gasteiger partial charge on any atom is -0.497 e. The quantitative estimate of drug-likeness (QED) is 0.580. The van der Waals surface area contributed by atoms with Crippen molar-refractivity contribution >= 4 is 17.9 Å². The minimum absolute atomic E-state index is 0.00931. The van der Waals surface area contributed by atoms with Gasteiger partial charge in [0.05, 0.1) is 13.7 Å². The molecule has 1 aliphatic heterocycles. The second kappa shape index (κ2) is 10.2. The molecule has 0 bridgehead atoms. The van der Waals surface area contributed by atoms with Gasteiger partial charge >= 0.3 is 0 Å². The summed E-state index contributed by atoms with van der Waals surface area (Å²) >= 11 is 0. The van der Waals surface area contributed by atoms with Crippen LogP contribution in [0, 0.1) is 0 Å². The van der Waals surface area contributed by atoms with Gasteiger partial charge in [-0.3, -0.25) is 9.69 Å². The lowest BCUT2D eigenvalue weighted by Crippen LogP contribution is -2.37. The molecular weight excluding hydrogens is 398 g/mol. The van der Waals surface area contributed by atoms with E-state index >= 15 is 0 Å². The van der Waals surface area contributed by atoms with Gasteiger partial charge in [-0.2, -0.15) is 0 Å². The second-order valence-electron chi connectivity index (χ2n) is 7.97. The maximum absolute atomic E-state index is 13.4. The van der Waals surface area contributed by atoms with Crippen molar-refractivity contribution in [2.75, 3.05) is 20.2 Å². The lowest BCUT2D eigenvalue weighted by atomic mass is 9.93. The Bertz CT molecular complexity index is 1040. The number of carbonyl (C=O) groups excluding carboxylic acids is 1. The molecule has 4 nitrogen and oxygen atoms in total. The van der Waals surface area contributed by atoms with Gasteiger partial charge in [0.15, 0.2) is 5.78 Å². The molecule has 0 saturated carbocycles. The average Bonchev–Trinajstić information content (AvgIpc) is 2.83. The van der Waals surface area contributed by atoms with Crippen molar-refractivity contribution in [2.45, 2.75) is 13.2 Å². The van der Waals surface area contributed by atoms with E-state index in [0.29, 0.717) is 13.1 Å². The fraction of sp³-hybridized carbons (Fsp3) is 0.179. The number of hydrogen-bond acceptors (Lipinski definition) is 4. The van der Waals surface area contributed by atoms with Gasteiger partial charge in [-0.05, 0) is 46.5 Å². The van der Waals surface area contributed by atoms with Crippen LogP contribution in [0.2, 0.25) is 0 Å². The summed E-state index contributed by atoms with van der Waals surface area (Å²) in [5.74, 6) is 0.871. The number of methoxy groups -OCH3 is 1. The summed E-state index contributed by atoms with van der Waals surface area (Å²) in [6.45, 7) is 1.97.